The maximum absolute atomic E-state index is 8.44. The fourth-order valence-electron chi connectivity index (χ4n) is 1.59. The summed E-state index contributed by atoms with van der Waals surface area (Å²) in [5.41, 5.74) is 7.24. The fourth-order valence-corrected chi connectivity index (χ4v) is 2.44. The molecule has 0 amide bonds. The molecule has 0 radical (unpaired) electrons. The molecule has 0 atom stereocenters. The number of H-pyrrole nitrogens is 1. The maximum Gasteiger partial charge on any atom is 0.166 e. The van der Waals surface area contributed by atoms with Crippen molar-refractivity contribution in [3.8, 4) is 5.75 Å². The first-order valence-corrected chi connectivity index (χ1v) is 6.93. The van der Waals surface area contributed by atoms with Crippen molar-refractivity contribution in [2.24, 2.45) is 10.9 Å². The third kappa shape index (κ3) is 3.54. The van der Waals surface area contributed by atoms with Crippen molar-refractivity contribution in [1.82, 2.24) is 9.97 Å². The molecule has 0 aliphatic heterocycles. The molecule has 19 heavy (non-hydrogen) atoms. The van der Waals surface area contributed by atoms with Gasteiger partial charge < -0.3 is 20.7 Å². The van der Waals surface area contributed by atoms with Crippen LogP contribution >= 0.6 is 11.8 Å². The van der Waals surface area contributed by atoms with Gasteiger partial charge in [-0.3, -0.25) is 0 Å². The highest BCUT2D eigenvalue weighted by molar-refractivity contribution is 7.99. The summed E-state index contributed by atoms with van der Waals surface area (Å²) in [4.78, 5) is 7.66. The number of hydrogen-bond donors (Lipinski definition) is 3. The van der Waals surface area contributed by atoms with Crippen LogP contribution in [-0.4, -0.2) is 33.4 Å². The van der Waals surface area contributed by atoms with Crippen molar-refractivity contribution >= 4 is 28.6 Å². The Morgan fingerprint density at radius 2 is 2.42 bits per heavy atom. The van der Waals surface area contributed by atoms with Gasteiger partial charge in [-0.25, -0.2) is 4.98 Å². The summed E-state index contributed by atoms with van der Waals surface area (Å²) in [7, 11) is 0. The van der Waals surface area contributed by atoms with Crippen LogP contribution in [0.25, 0.3) is 11.0 Å². The number of benzene rings is 1. The number of thioether (sulfide) groups is 1. The van der Waals surface area contributed by atoms with Crippen LogP contribution in [-0.2, 0) is 0 Å². The van der Waals surface area contributed by atoms with Gasteiger partial charge in [0.15, 0.2) is 5.16 Å². The molecule has 0 saturated heterocycles. The van der Waals surface area contributed by atoms with Crippen molar-refractivity contribution in [3.05, 3.63) is 18.2 Å². The predicted octanol–water partition coefficient (Wildman–Crippen LogP) is 2.19. The van der Waals surface area contributed by atoms with Crippen molar-refractivity contribution in [2.45, 2.75) is 18.5 Å². The standard InChI is InChI=1S/C12H16N4O2S/c1-2-18-8-3-4-9-10(7-8)15-12(14-9)19-6-5-11(13)16-17/h3-4,7,17H,2,5-6H2,1H3,(H2,13,16)(H,14,15). The minimum absolute atomic E-state index is 0.224. The van der Waals surface area contributed by atoms with Crippen LogP contribution in [0.1, 0.15) is 13.3 Å². The molecule has 1 heterocycles. The first kappa shape index (κ1) is 13.5. The third-order valence-electron chi connectivity index (χ3n) is 2.47. The number of hydrogen-bond acceptors (Lipinski definition) is 5. The van der Waals surface area contributed by atoms with Crippen molar-refractivity contribution in [2.75, 3.05) is 12.4 Å². The lowest BCUT2D eigenvalue weighted by atomic mass is 10.3. The zero-order valence-electron chi connectivity index (χ0n) is 10.6. The molecule has 1 aromatic carbocycles. The molecule has 0 aliphatic carbocycles. The lowest BCUT2D eigenvalue weighted by Gasteiger charge is -2.00. The molecular weight excluding hydrogens is 264 g/mol. The van der Waals surface area contributed by atoms with Crippen LogP contribution in [0.2, 0.25) is 0 Å². The van der Waals surface area contributed by atoms with Gasteiger partial charge in [-0.05, 0) is 19.1 Å². The van der Waals surface area contributed by atoms with E-state index in [1.54, 1.807) is 0 Å². The quantitative estimate of drug-likeness (QED) is 0.248. The molecule has 6 nitrogen and oxygen atoms in total. The summed E-state index contributed by atoms with van der Waals surface area (Å²) < 4.78 is 5.44. The largest absolute Gasteiger partial charge is 0.494 e. The first-order chi connectivity index (χ1) is 9.22. The summed E-state index contributed by atoms with van der Waals surface area (Å²) in [6.45, 7) is 2.59. The van der Waals surface area contributed by atoms with Gasteiger partial charge in [0.2, 0.25) is 0 Å². The number of aromatic amines is 1. The van der Waals surface area contributed by atoms with Crippen molar-refractivity contribution < 1.29 is 9.94 Å². The zero-order valence-corrected chi connectivity index (χ0v) is 11.4. The highest BCUT2D eigenvalue weighted by Crippen LogP contribution is 2.23. The molecule has 0 spiro atoms. The van der Waals surface area contributed by atoms with E-state index in [0.29, 0.717) is 18.8 Å². The summed E-state index contributed by atoms with van der Waals surface area (Å²) in [6.07, 6.45) is 0.516. The number of fused-ring (bicyclic) bond motifs is 1. The first-order valence-electron chi connectivity index (χ1n) is 5.94. The second kappa shape index (κ2) is 6.33. The molecule has 102 valence electrons. The second-order valence-electron chi connectivity index (χ2n) is 3.84. The number of nitrogens with two attached hydrogens (primary N) is 1. The average molecular weight is 280 g/mol. The van der Waals surface area contributed by atoms with Crippen LogP contribution < -0.4 is 10.5 Å². The molecule has 1 aromatic heterocycles. The van der Waals surface area contributed by atoms with Crippen LogP contribution in [0.5, 0.6) is 5.75 Å². The van der Waals surface area contributed by atoms with Gasteiger partial charge >= 0.3 is 0 Å². The monoisotopic (exact) mass is 280 g/mol. The Kier molecular flexibility index (Phi) is 4.51. The minimum atomic E-state index is 0.224. The van der Waals surface area contributed by atoms with Gasteiger partial charge in [-0.2, -0.15) is 0 Å². The number of ether oxygens (including phenoxy) is 1. The van der Waals surface area contributed by atoms with Crippen LogP contribution in [0.4, 0.5) is 0 Å². The van der Waals surface area contributed by atoms with Gasteiger partial charge in [0, 0.05) is 18.2 Å². The smallest absolute Gasteiger partial charge is 0.166 e. The maximum atomic E-state index is 8.44. The molecule has 0 aliphatic rings. The van der Waals surface area contributed by atoms with Gasteiger partial charge in [0.25, 0.3) is 0 Å². The molecule has 2 aromatic rings. The molecule has 4 N–H and O–H groups in total. The Hall–Kier alpha value is -1.89. The van der Waals surface area contributed by atoms with Crippen molar-refractivity contribution in [1.29, 1.82) is 0 Å². The second-order valence-corrected chi connectivity index (χ2v) is 4.93. The summed E-state index contributed by atoms with van der Waals surface area (Å²) in [6, 6.07) is 5.75. The van der Waals surface area contributed by atoms with E-state index in [4.69, 9.17) is 15.7 Å². The SMILES string of the molecule is CCOc1ccc2nc(SCC/C(N)=N/O)[nH]c2c1. The molecule has 0 fully saturated rings. The molecular formula is C12H16N4O2S. The third-order valence-corrected chi connectivity index (χ3v) is 3.34. The Labute approximate surface area is 115 Å². The van der Waals surface area contributed by atoms with E-state index < -0.39 is 0 Å². The Bertz CT molecular complexity index is 582. The molecule has 2 rings (SSSR count). The summed E-state index contributed by atoms with van der Waals surface area (Å²) in [5, 5.41) is 12.2. The van der Waals surface area contributed by atoms with Gasteiger partial charge in [-0.1, -0.05) is 16.9 Å². The number of nitrogens with zero attached hydrogens (tertiary/aromatic N) is 2. The van der Waals surface area contributed by atoms with E-state index in [-0.39, 0.29) is 5.84 Å². The minimum Gasteiger partial charge on any atom is -0.494 e. The Morgan fingerprint density at radius 3 is 3.16 bits per heavy atom. The molecule has 0 bridgehead atoms. The highest BCUT2D eigenvalue weighted by atomic mass is 32.2. The molecule has 7 heteroatoms. The number of oxime groups is 1. The van der Waals surface area contributed by atoms with Crippen LogP contribution in [0.3, 0.4) is 0 Å². The van der Waals surface area contributed by atoms with E-state index in [1.165, 1.54) is 11.8 Å². The van der Waals surface area contributed by atoms with Crippen LogP contribution in [0.15, 0.2) is 28.5 Å². The molecule has 0 saturated carbocycles. The fraction of sp³-hybridized carbons (Fsp3) is 0.333. The summed E-state index contributed by atoms with van der Waals surface area (Å²) in [5.74, 6) is 1.75. The lowest BCUT2D eigenvalue weighted by Crippen LogP contribution is -2.12. The lowest BCUT2D eigenvalue weighted by molar-refractivity contribution is 0.317. The van der Waals surface area contributed by atoms with Gasteiger partial charge in [-0.15, -0.1) is 0 Å². The van der Waals surface area contributed by atoms with Gasteiger partial charge in [0.05, 0.1) is 17.6 Å². The molecule has 0 unspecified atom stereocenters. The average Bonchev–Trinajstić information content (AvgIpc) is 2.80. The number of rotatable bonds is 6. The topological polar surface area (TPSA) is 96.5 Å². The van der Waals surface area contributed by atoms with Crippen molar-refractivity contribution in [3.63, 3.8) is 0 Å². The van der Waals surface area contributed by atoms with E-state index in [2.05, 4.69) is 15.1 Å². The predicted molar refractivity (Wildman–Crippen MR) is 76.0 cm³/mol. The Balaban J connectivity index is 2.04. The van der Waals surface area contributed by atoms with Gasteiger partial charge in [0.1, 0.15) is 11.6 Å². The van der Waals surface area contributed by atoms with E-state index in [1.807, 2.05) is 25.1 Å². The number of amidine groups is 1. The Morgan fingerprint density at radius 1 is 1.58 bits per heavy atom. The highest BCUT2D eigenvalue weighted by Gasteiger charge is 2.05. The zero-order chi connectivity index (χ0) is 13.7. The van der Waals surface area contributed by atoms with E-state index in [9.17, 15) is 0 Å². The normalized spacial score (nSPS) is 11.9. The summed E-state index contributed by atoms with van der Waals surface area (Å²) >= 11 is 1.53. The van der Waals surface area contributed by atoms with E-state index >= 15 is 0 Å². The number of nitrogens with one attached hydrogen (secondary N) is 1. The number of aromatic nitrogens is 2. The van der Waals surface area contributed by atoms with E-state index in [0.717, 1.165) is 21.9 Å². The van der Waals surface area contributed by atoms with Crippen LogP contribution in [0, 0.1) is 0 Å². The number of imidazole rings is 1.